The van der Waals surface area contributed by atoms with E-state index >= 15 is 0 Å². The highest BCUT2D eigenvalue weighted by Gasteiger charge is 2.16. The average Bonchev–Trinajstić information content (AvgIpc) is 2.77. The predicted molar refractivity (Wildman–Crippen MR) is 71.8 cm³/mol. The minimum Gasteiger partial charge on any atom is -0.383 e. The van der Waals surface area contributed by atoms with Crippen LogP contribution in [-0.2, 0) is 0 Å². The Hall–Kier alpha value is -1.61. The number of halogens is 4. The lowest BCUT2D eigenvalue weighted by atomic mass is 10.2. The first-order chi connectivity index (χ1) is 8.99. The second-order valence-electron chi connectivity index (χ2n) is 3.33. The number of rotatable bonds is 3. The zero-order chi connectivity index (χ0) is 14.0. The van der Waals surface area contributed by atoms with E-state index in [9.17, 15) is 13.2 Å². The van der Waals surface area contributed by atoms with Gasteiger partial charge in [-0.3, -0.25) is 5.43 Å². The number of nitrogens with two attached hydrogens (primary N) is 1. The Morgan fingerprint density at radius 3 is 2.74 bits per heavy atom. The quantitative estimate of drug-likeness (QED) is 0.386. The predicted octanol–water partition coefficient (Wildman–Crippen LogP) is 3.35. The summed E-state index contributed by atoms with van der Waals surface area (Å²) in [5, 5.41) is 5.49. The first-order valence-corrected chi connectivity index (χ1v) is 6.49. The topological polar surface area (TPSA) is 63.3 Å². The summed E-state index contributed by atoms with van der Waals surface area (Å²) >= 11 is 3.87. The van der Waals surface area contributed by atoms with Gasteiger partial charge in [-0.2, -0.15) is 5.10 Å². The summed E-state index contributed by atoms with van der Waals surface area (Å²) in [5.41, 5.74) is 7.23. The molecule has 100 valence electrons. The summed E-state index contributed by atoms with van der Waals surface area (Å²) in [6.07, 6.45) is 0.831. The second kappa shape index (κ2) is 5.57. The molecule has 2 rings (SSSR count). The maximum absolute atomic E-state index is 13.5. The van der Waals surface area contributed by atoms with Gasteiger partial charge < -0.3 is 5.73 Å². The van der Waals surface area contributed by atoms with Crippen LogP contribution in [0, 0.1) is 17.5 Å². The van der Waals surface area contributed by atoms with Crippen molar-refractivity contribution in [3.63, 3.8) is 0 Å². The minimum absolute atomic E-state index is 0.291. The van der Waals surface area contributed by atoms with Crippen molar-refractivity contribution >= 4 is 44.4 Å². The molecule has 19 heavy (non-hydrogen) atoms. The van der Waals surface area contributed by atoms with Crippen LogP contribution >= 0.6 is 27.3 Å². The zero-order valence-corrected chi connectivity index (χ0v) is 11.5. The van der Waals surface area contributed by atoms with Crippen molar-refractivity contribution < 1.29 is 13.2 Å². The largest absolute Gasteiger partial charge is 0.383 e. The molecular formula is C10H6BrF3N4S. The van der Waals surface area contributed by atoms with Gasteiger partial charge in [-0.25, -0.2) is 18.2 Å². The number of hydrazone groups is 1. The molecule has 1 heterocycles. The molecule has 0 saturated carbocycles. The monoisotopic (exact) mass is 350 g/mol. The van der Waals surface area contributed by atoms with Crippen molar-refractivity contribution in [1.29, 1.82) is 0 Å². The Bertz CT molecular complexity index is 644. The molecule has 0 aliphatic rings. The molecule has 1 aromatic carbocycles. The van der Waals surface area contributed by atoms with Crippen LogP contribution in [0.2, 0.25) is 0 Å². The number of nitrogen functional groups attached to an aromatic ring is 1. The van der Waals surface area contributed by atoms with Gasteiger partial charge in [0.2, 0.25) is 5.13 Å². The van der Waals surface area contributed by atoms with Gasteiger partial charge in [0.25, 0.3) is 0 Å². The standard InChI is InChI=1S/C10H6BrF3N4S/c11-5-1-6(12)4(8(13)9(5)14)2-16-18-10-17-7(15)3-19-10/h1-3H,15H2,(H,17,18). The number of hydrogen-bond donors (Lipinski definition) is 2. The van der Waals surface area contributed by atoms with Crippen LogP contribution < -0.4 is 11.2 Å². The first-order valence-electron chi connectivity index (χ1n) is 4.82. The average molecular weight is 351 g/mol. The van der Waals surface area contributed by atoms with E-state index in [0.717, 1.165) is 12.3 Å². The Labute approximate surface area is 118 Å². The lowest BCUT2D eigenvalue weighted by Gasteiger charge is -2.02. The number of nitrogens with zero attached hydrogens (tertiary/aromatic N) is 2. The molecule has 4 nitrogen and oxygen atoms in total. The second-order valence-corrected chi connectivity index (χ2v) is 5.04. The van der Waals surface area contributed by atoms with E-state index in [0.29, 0.717) is 10.9 Å². The van der Waals surface area contributed by atoms with Gasteiger partial charge in [0.05, 0.1) is 16.3 Å². The minimum atomic E-state index is -1.32. The van der Waals surface area contributed by atoms with E-state index in [1.807, 2.05) is 0 Å². The molecule has 0 radical (unpaired) electrons. The molecule has 9 heteroatoms. The molecule has 0 atom stereocenters. The van der Waals surface area contributed by atoms with E-state index < -0.39 is 23.0 Å². The molecule has 0 aliphatic heterocycles. The SMILES string of the molecule is Nc1csc(NN=Cc2c(F)cc(Br)c(F)c2F)n1. The maximum atomic E-state index is 13.5. The third kappa shape index (κ3) is 3.04. The number of benzene rings is 1. The maximum Gasteiger partial charge on any atom is 0.205 e. The molecule has 0 amide bonds. The summed E-state index contributed by atoms with van der Waals surface area (Å²) < 4.78 is 39.8. The van der Waals surface area contributed by atoms with Crippen molar-refractivity contribution in [3.05, 3.63) is 38.9 Å². The van der Waals surface area contributed by atoms with E-state index in [1.54, 1.807) is 5.38 Å². The fourth-order valence-electron chi connectivity index (χ4n) is 1.19. The Balaban J connectivity index is 2.21. The van der Waals surface area contributed by atoms with Crippen molar-refractivity contribution in [1.82, 2.24) is 4.98 Å². The normalized spacial score (nSPS) is 11.2. The molecule has 0 aliphatic carbocycles. The fraction of sp³-hybridized carbons (Fsp3) is 0. The van der Waals surface area contributed by atoms with Gasteiger partial charge in [-0.1, -0.05) is 0 Å². The van der Waals surface area contributed by atoms with Crippen molar-refractivity contribution in [2.75, 3.05) is 11.2 Å². The Morgan fingerprint density at radius 1 is 1.37 bits per heavy atom. The van der Waals surface area contributed by atoms with Gasteiger partial charge >= 0.3 is 0 Å². The molecule has 0 unspecified atom stereocenters. The van der Waals surface area contributed by atoms with Crippen molar-refractivity contribution in [2.45, 2.75) is 0 Å². The highest BCUT2D eigenvalue weighted by atomic mass is 79.9. The number of thiazole rings is 1. The van der Waals surface area contributed by atoms with E-state index in [2.05, 4.69) is 31.4 Å². The van der Waals surface area contributed by atoms with E-state index in [4.69, 9.17) is 5.73 Å². The van der Waals surface area contributed by atoms with Crippen LogP contribution in [0.4, 0.5) is 24.1 Å². The zero-order valence-electron chi connectivity index (χ0n) is 9.12. The summed E-state index contributed by atoms with van der Waals surface area (Å²) in [6.45, 7) is 0. The van der Waals surface area contributed by atoms with E-state index in [1.165, 1.54) is 11.3 Å². The molecule has 0 saturated heterocycles. The van der Waals surface area contributed by atoms with Gasteiger partial charge in [0.1, 0.15) is 11.6 Å². The lowest BCUT2D eigenvalue weighted by molar-refractivity contribution is 0.488. The number of nitrogens with one attached hydrogen (secondary N) is 1. The summed E-state index contributed by atoms with van der Waals surface area (Å²) in [6, 6.07) is 0.821. The van der Waals surface area contributed by atoms with Crippen LogP contribution in [0.1, 0.15) is 5.56 Å². The Kier molecular flexibility index (Phi) is 4.05. The molecule has 1 aromatic heterocycles. The van der Waals surface area contributed by atoms with E-state index in [-0.39, 0.29) is 4.47 Å². The van der Waals surface area contributed by atoms with Gasteiger partial charge in [-0.05, 0) is 22.0 Å². The van der Waals surface area contributed by atoms with Crippen LogP contribution in [0.3, 0.4) is 0 Å². The number of hydrogen-bond acceptors (Lipinski definition) is 5. The first kappa shape index (κ1) is 13.8. The van der Waals surface area contributed by atoms with Crippen molar-refractivity contribution in [2.24, 2.45) is 5.10 Å². The van der Waals surface area contributed by atoms with Crippen LogP contribution in [0.15, 0.2) is 21.0 Å². The van der Waals surface area contributed by atoms with Crippen LogP contribution in [-0.4, -0.2) is 11.2 Å². The summed E-state index contributed by atoms with van der Waals surface area (Å²) in [7, 11) is 0. The molecule has 0 bridgehead atoms. The molecule has 0 spiro atoms. The van der Waals surface area contributed by atoms with Gasteiger partial charge in [0.15, 0.2) is 11.6 Å². The number of anilines is 2. The summed E-state index contributed by atoms with van der Waals surface area (Å²) in [5.74, 6) is -3.14. The van der Waals surface area contributed by atoms with Crippen LogP contribution in [0.25, 0.3) is 0 Å². The number of aromatic nitrogens is 1. The highest BCUT2D eigenvalue weighted by Crippen LogP contribution is 2.23. The molecular weight excluding hydrogens is 345 g/mol. The molecule has 3 N–H and O–H groups in total. The smallest absolute Gasteiger partial charge is 0.205 e. The van der Waals surface area contributed by atoms with Gasteiger partial charge in [-0.15, -0.1) is 11.3 Å². The fourth-order valence-corrected chi connectivity index (χ4v) is 2.11. The third-order valence-corrected chi connectivity index (χ3v) is 3.37. The molecule has 0 fully saturated rings. The van der Waals surface area contributed by atoms with Gasteiger partial charge in [0, 0.05) is 5.38 Å². The third-order valence-electron chi connectivity index (χ3n) is 2.03. The van der Waals surface area contributed by atoms with Crippen molar-refractivity contribution in [3.8, 4) is 0 Å². The molecule has 2 aromatic rings. The van der Waals surface area contributed by atoms with Crippen LogP contribution in [0.5, 0.6) is 0 Å². The lowest BCUT2D eigenvalue weighted by Crippen LogP contribution is -2.00. The summed E-state index contributed by atoms with van der Waals surface area (Å²) in [4.78, 5) is 3.82. The highest BCUT2D eigenvalue weighted by molar-refractivity contribution is 9.10. The Morgan fingerprint density at radius 2 is 2.11 bits per heavy atom.